The number of rotatable bonds is 6. The standard InChI is InChI=1S/C22H26N2O4S/c1-29(26,27)23-20-12-13-24(22(25)28-19-10-11-19)21(20)15-16-6-5-9-18(14-16)17-7-3-2-4-8-17/h2-9,14,19-21,23H,10-13,15H2,1H3/t20-,21-/m1/s1. The van der Waals surface area contributed by atoms with Gasteiger partial charge in [0, 0.05) is 12.6 Å². The first kappa shape index (κ1) is 19.9. The van der Waals surface area contributed by atoms with E-state index < -0.39 is 10.0 Å². The summed E-state index contributed by atoms with van der Waals surface area (Å²) < 4.78 is 31.9. The molecule has 0 bridgehead atoms. The topological polar surface area (TPSA) is 75.7 Å². The lowest BCUT2D eigenvalue weighted by Gasteiger charge is -2.28. The van der Waals surface area contributed by atoms with Crippen LogP contribution in [-0.4, -0.2) is 50.4 Å². The molecule has 154 valence electrons. The van der Waals surface area contributed by atoms with Crippen molar-refractivity contribution in [3.63, 3.8) is 0 Å². The molecule has 1 saturated heterocycles. The molecule has 1 N–H and O–H groups in total. The van der Waals surface area contributed by atoms with Crippen molar-refractivity contribution >= 4 is 16.1 Å². The molecular formula is C22H26N2O4S. The van der Waals surface area contributed by atoms with Crippen molar-refractivity contribution in [2.24, 2.45) is 0 Å². The minimum absolute atomic E-state index is 0.0199. The summed E-state index contributed by atoms with van der Waals surface area (Å²) in [5.41, 5.74) is 3.28. The second-order valence-electron chi connectivity index (χ2n) is 7.90. The Morgan fingerprint density at radius 1 is 1.07 bits per heavy atom. The van der Waals surface area contributed by atoms with Crippen molar-refractivity contribution in [2.75, 3.05) is 12.8 Å². The molecule has 1 aliphatic heterocycles. The molecule has 0 aromatic heterocycles. The maximum atomic E-state index is 12.6. The molecule has 1 aliphatic carbocycles. The molecule has 0 unspecified atom stereocenters. The fourth-order valence-electron chi connectivity index (χ4n) is 3.89. The van der Waals surface area contributed by atoms with Crippen molar-refractivity contribution in [3.05, 3.63) is 60.2 Å². The molecule has 0 radical (unpaired) electrons. The van der Waals surface area contributed by atoms with Crippen molar-refractivity contribution in [1.82, 2.24) is 9.62 Å². The molecular weight excluding hydrogens is 388 g/mol. The Morgan fingerprint density at radius 3 is 2.48 bits per heavy atom. The zero-order valence-corrected chi connectivity index (χ0v) is 17.3. The van der Waals surface area contributed by atoms with Crippen LogP contribution in [0.1, 0.15) is 24.8 Å². The Kier molecular flexibility index (Phi) is 5.61. The maximum Gasteiger partial charge on any atom is 0.410 e. The Labute approximate surface area is 171 Å². The third kappa shape index (κ3) is 5.16. The molecule has 2 aromatic carbocycles. The minimum atomic E-state index is -3.37. The SMILES string of the molecule is CS(=O)(=O)N[C@@H]1CCN(C(=O)OC2CC2)[C@@H]1Cc1cccc(-c2ccccc2)c1. The molecule has 1 saturated carbocycles. The van der Waals surface area contributed by atoms with Crippen molar-refractivity contribution < 1.29 is 17.9 Å². The predicted octanol–water partition coefficient (Wildman–Crippen LogP) is 3.19. The summed E-state index contributed by atoms with van der Waals surface area (Å²) in [6.45, 7) is 0.488. The van der Waals surface area contributed by atoms with E-state index in [1.165, 1.54) is 0 Å². The van der Waals surface area contributed by atoms with E-state index in [2.05, 4.69) is 29.0 Å². The van der Waals surface area contributed by atoms with Gasteiger partial charge in [-0.05, 0) is 42.4 Å². The summed E-state index contributed by atoms with van der Waals surface area (Å²) in [7, 11) is -3.37. The van der Waals surface area contributed by atoms with Gasteiger partial charge in [0.15, 0.2) is 0 Å². The number of sulfonamides is 1. The maximum absolute atomic E-state index is 12.6. The van der Waals surface area contributed by atoms with Crippen molar-refractivity contribution in [1.29, 1.82) is 0 Å². The van der Waals surface area contributed by atoms with Gasteiger partial charge in [-0.1, -0.05) is 54.6 Å². The molecule has 7 heteroatoms. The van der Waals surface area contributed by atoms with E-state index in [1.807, 2.05) is 30.3 Å². The Morgan fingerprint density at radius 2 is 1.79 bits per heavy atom. The fraction of sp³-hybridized carbons (Fsp3) is 0.409. The van der Waals surface area contributed by atoms with Crippen LogP contribution in [0.5, 0.6) is 0 Å². The van der Waals surface area contributed by atoms with E-state index in [0.717, 1.165) is 35.8 Å². The predicted molar refractivity (Wildman–Crippen MR) is 112 cm³/mol. The Hall–Kier alpha value is -2.38. The lowest BCUT2D eigenvalue weighted by molar-refractivity contribution is 0.0902. The normalized spacial score (nSPS) is 21.9. The van der Waals surface area contributed by atoms with Crippen LogP contribution in [0.3, 0.4) is 0 Å². The number of carbonyl (C=O) groups is 1. The van der Waals surface area contributed by atoms with Gasteiger partial charge in [0.05, 0.1) is 12.3 Å². The molecule has 2 fully saturated rings. The van der Waals surface area contributed by atoms with Crippen LogP contribution >= 0.6 is 0 Å². The highest BCUT2D eigenvalue weighted by molar-refractivity contribution is 7.88. The van der Waals surface area contributed by atoms with E-state index in [0.29, 0.717) is 19.4 Å². The quantitative estimate of drug-likeness (QED) is 0.788. The molecule has 2 atom stereocenters. The smallest absolute Gasteiger partial charge is 0.410 e. The Bertz CT molecular complexity index is 973. The highest BCUT2D eigenvalue weighted by Gasteiger charge is 2.40. The number of ether oxygens (including phenoxy) is 1. The number of amides is 1. The molecule has 0 spiro atoms. The van der Waals surface area contributed by atoms with Crippen LogP contribution in [0.25, 0.3) is 11.1 Å². The summed E-state index contributed by atoms with van der Waals surface area (Å²) in [4.78, 5) is 14.3. The minimum Gasteiger partial charge on any atom is -0.446 e. The summed E-state index contributed by atoms with van der Waals surface area (Å²) >= 11 is 0. The van der Waals surface area contributed by atoms with E-state index in [9.17, 15) is 13.2 Å². The van der Waals surface area contributed by atoms with Crippen LogP contribution in [0.15, 0.2) is 54.6 Å². The number of nitrogens with zero attached hydrogens (tertiary/aromatic N) is 1. The zero-order chi connectivity index (χ0) is 20.4. The van der Waals surface area contributed by atoms with E-state index in [1.54, 1.807) is 4.90 Å². The second-order valence-corrected chi connectivity index (χ2v) is 9.68. The first-order valence-corrected chi connectivity index (χ1v) is 11.9. The third-order valence-corrected chi connectivity index (χ3v) is 6.15. The van der Waals surface area contributed by atoms with Crippen LogP contribution in [0.2, 0.25) is 0 Å². The van der Waals surface area contributed by atoms with Crippen LogP contribution in [0, 0.1) is 0 Å². The highest BCUT2D eigenvalue weighted by Crippen LogP contribution is 2.29. The van der Waals surface area contributed by atoms with Gasteiger partial charge in [-0.15, -0.1) is 0 Å². The van der Waals surface area contributed by atoms with Gasteiger partial charge in [-0.3, -0.25) is 0 Å². The summed E-state index contributed by atoms with van der Waals surface area (Å²) in [5.74, 6) is 0. The number of hydrogen-bond donors (Lipinski definition) is 1. The van der Waals surface area contributed by atoms with Crippen LogP contribution < -0.4 is 4.72 Å². The monoisotopic (exact) mass is 414 g/mol. The molecule has 4 rings (SSSR count). The summed E-state index contributed by atoms with van der Waals surface area (Å²) in [6.07, 6.45) is 3.80. The van der Waals surface area contributed by atoms with Gasteiger partial charge in [0.25, 0.3) is 0 Å². The van der Waals surface area contributed by atoms with E-state index in [-0.39, 0.29) is 24.3 Å². The van der Waals surface area contributed by atoms with Gasteiger partial charge >= 0.3 is 6.09 Å². The van der Waals surface area contributed by atoms with E-state index >= 15 is 0 Å². The van der Waals surface area contributed by atoms with Crippen LogP contribution in [-0.2, 0) is 21.2 Å². The molecule has 1 amide bonds. The van der Waals surface area contributed by atoms with Crippen molar-refractivity contribution in [3.8, 4) is 11.1 Å². The van der Waals surface area contributed by atoms with Gasteiger partial charge in [-0.25, -0.2) is 17.9 Å². The van der Waals surface area contributed by atoms with E-state index in [4.69, 9.17) is 4.74 Å². The number of nitrogens with one attached hydrogen (secondary N) is 1. The van der Waals surface area contributed by atoms with Gasteiger partial charge in [0.2, 0.25) is 10.0 Å². The average Bonchev–Trinajstić information content (AvgIpc) is 3.42. The summed E-state index contributed by atoms with van der Waals surface area (Å²) in [5, 5.41) is 0. The average molecular weight is 415 g/mol. The molecule has 1 heterocycles. The number of benzene rings is 2. The number of carbonyl (C=O) groups excluding carboxylic acids is 1. The zero-order valence-electron chi connectivity index (χ0n) is 16.5. The van der Waals surface area contributed by atoms with Gasteiger partial charge in [-0.2, -0.15) is 0 Å². The lowest BCUT2D eigenvalue weighted by Crippen LogP contribution is -2.47. The molecule has 2 aromatic rings. The molecule has 6 nitrogen and oxygen atoms in total. The fourth-order valence-corrected chi connectivity index (χ4v) is 4.72. The second kappa shape index (κ2) is 8.16. The molecule has 29 heavy (non-hydrogen) atoms. The highest BCUT2D eigenvalue weighted by atomic mass is 32.2. The van der Waals surface area contributed by atoms with Gasteiger partial charge in [0.1, 0.15) is 6.10 Å². The molecule has 2 aliphatic rings. The van der Waals surface area contributed by atoms with Crippen molar-refractivity contribution in [2.45, 2.75) is 43.9 Å². The largest absolute Gasteiger partial charge is 0.446 e. The van der Waals surface area contributed by atoms with Crippen LogP contribution in [0.4, 0.5) is 4.79 Å². The van der Waals surface area contributed by atoms with Gasteiger partial charge < -0.3 is 9.64 Å². The first-order valence-electron chi connectivity index (χ1n) is 9.98. The summed E-state index contributed by atoms with van der Waals surface area (Å²) in [6, 6.07) is 17.7. The number of hydrogen-bond acceptors (Lipinski definition) is 4. The third-order valence-electron chi connectivity index (χ3n) is 5.42. The lowest BCUT2D eigenvalue weighted by atomic mass is 9.97. The first-order chi connectivity index (χ1) is 13.9. The Balaban J connectivity index is 1.57. The number of likely N-dealkylation sites (tertiary alicyclic amines) is 1.